The molecule has 0 bridgehead atoms. The van der Waals surface area contributed by atoms with Gasteiger partial charge in [0.15, 0.2) is 5.01 Å². The second kappa shape index (κ2) is 8.33. The Balaban J connectivity index is 1.44. The number of likely N-dealkylation sites (tertiary alicyclic amines) is 1. The standard InChI is InChI=1S/C16H23N5OS/c1-22-11-10-21-8-5-13(6-9-21)12-18-16-20-19-15(23-16)14-4-2-3-7-17-14/h2-4,7,13H,5-6,8-12H2,1H3,(H,18,20). The smallest absolute Gasteiger partial charge is 0.206 e. The largest absolute Gasteiger partial charge is 0.383 e. The van der Waals surface area contributed by atoms with Crippen LogP contribution < -0.4 is 5.32 Å². The first-order valence-electron chi connectivity index (χ1n) is 8.05. The Kier molecular flexibility index (Phi) is 5.90. The van der Waals surface area contributed by atoms with Crippen LogP contribution in [0.25, 0.3) is 10.7 Å². The van der Waals surface area contributed by atoms with Crippen molar-refractivity contribution in [3.63, 3.8) is 0 Å². The van der Waals surface area contributed by atoms with E-state index in [1.54, 1.807) is 24.6 Å². The van der Waals surface area contributed by atoms with Crippen molar-refractivity contribution in [2.45, 2.75) is 12.8 Å². The number of ether oxygens (including phenoxy) is 1. The van der Waals surface area contributed by atoms with Crippen molar-refractivity contribution in [2.24, 2.45) is 5.92 Å². The molecule has 0 saturated carbocycles. The highest BCUT2D eigenvalue weighted by atomic mass is 32.1. The number of hydrogen-bond acceptors (Lipinski definition) is 7. The second-order valence-corrected chi connectivity index (χ2v) is 6.76. The first kappa shape index (κ1) is 16.3. The zero-order valence-electron chi connectivity index (χ0n) is 13.4. The number of rotatable bonds is 7. The molecule has 6 nitrogen and oxygen atoms in total. The highest BCUT2D eigenvalue weighted by molar-refractivity contribution is 7.18. The topological polar surface area (TPSA) is 63.2 Å². The number of pyridine rings is 1. The minimum absolute atomic E-state index is 0.705. The lowest BCUT2D eigenvalue weighted by Gasteiger charge is -2.31. The van der Waals surface area contributed by atoms with Gasteiger partial charge in [0.25, 0.3) is 0 Å². The summed E-state index contributed by atoms with van der Waals surface area (Å²) in [6, 6.07) is 5.83. The van der Waals surface area contributed by atoms with Crippen molar-refractivity contribution in [3.8, 4) is 10.7 Å². The predicted octanol–water partition coefficient (Wildman–Crippen LogP) is 2.37. The van der Waals surface area contributed by atoms with Crippen LogP contribution in [0.2, 0.25) is 0 Å². The first-order valence-corrected chi connectivity index (χ1v) is 8.87. The highest BCUT2D eigenvalue weighted by Gasteiger charge is 2.19. The third-order valence-electron chi connectivity index (χ3n) is 4.17. The summed E-state index contributed by atoms with van der Waals surface area (Å²) in [6.07, 6.45) is 4.23. The number of hydrogen-bond donors (Lipinski definition) is 1. The molecule has 7 heteroatoms. The molecule has 124 valence electrons. The molecule has 0 atom stereocenters. The maximum Gasteiger partial charge on any atom is 0.206 e. The van der Waals surface area contributed by atoms with E-state index in [-0.39, 0.29) is 0 Å². The van der Waals surface area contributed by atoms with Gasteiger partial charge in [-0.05, 0) is 44.0 Å². The van der Waals surface area contributed by atoms with Gasteiger partial charge in [-0.3, -0.25) is 4.98 Å². The first-order chi connectivity index (χ1) is 11.3. The van der Waals surface area contributed by atoms with Crippen molar-refractivity contribution in [2.75, 3.05) is 45.2 Å². The molecule has 1 saturated heterocycles. The molecular weight excluding hydrogens is 310 g/mol. The van der Waals surface area contributed by atoms with Gasteiger partial charge in [0.2, 0.25) is 5.13 Å². The summed E-state index contributed by atoms with van der Waals surface area (Å²) in [6.45, 7) is 5.15. The molecule has 0 radical (unpaired) electrons. The number of nitrogens with zero attached hydrogens (tertiary/aromatic N) is 4. The molecule has 2 aromatic heterocycles. The summed E-state index contributed by atoms with van der Waals surface area (Å²) in [5.74, 6) is 0.705. The molecule has 0 unspecified atom stereocenters. The maximum absolute atomic E-state index is 5.14. The van der Waals surface area contributed by atoms with Crippen molar-refractivity contribution < 1.29 is 4.74 Å². The minimum Gasteiger partial charge on any atom is -0.383 e. The highest BCUT2D eigenvalue weighted by Crippen LogP contribution is 2.25. The fourth-order valence-corrected chi connectivity index (χ4v) is 3.48. The van der Waals surface area contributed by atoms with Crippen LogP contribution in [-0.4, -0.2) is 60.0 Å². The average Bonchev–Trinajstić information content (AvgIpc) is 3.09. The van der Waals surface area contributed by atoms with Crippen molar-refractivity contribution in [1.82, 2.24) is 20.1 Å². The second-order valence-electron chi connectivity index (χ2n) is 5.79. The molecule has 1 aliphatic rings. The molecule has 1 fully saturated rings. The fourth-order valence-electron chi connectivity index (χ4n) is 2.75. The molecule has 2 aromatic rings. The van der Waals surface area contributed by atoms with Crippen LogP contribution in [0.5, 0.6) is 0 Å². The van der Waals surface area contributed by atoms with Crippen LogP contribution in [0.3, 0.4) is 0 Å². The van der Waals surface area contributed by atoms with Gasteiger partial charge in [0.1, 0.15) is 5.69 Å². The van der Waals surface area contributed by atoms with Crippen molar-refractivity contribution >= 4 is 16.5 Å². The van der Waals surface area contributed by atoms with Crippen LogP contribution in [-0.2, 0) is 4.74 Å². The summed E-state index contributed by atoms with van der Waals surface area (Å²) in [5, 5.41) is 13.6. The van der Waals surface area contributed by atoms with Crippen LogP contribution in [0.15, 0.2) is 24.4 Å². The number of methoxy groups -OCH3 is 1. The minimum atomic E-state index is 0.705. The number of aromatic nitrogens is 3. The SMILES string of the molecule is COCCN1CCC(CNc2nnc(-c3ccccn3)s2)CC1. The molecule has 0 aliphatic carbocycles. The Morgan fingerprint density at radius 3 is 2.91 bits per heavy atom. The van der Waals surface area contributed by atoms with E-state index in [0.29, 0.717) is 5.92 Å². The maximum atomic E-state index is 5.14. The number of piperidine rings is 1. The normalized spacial score (nSPS) is 16.6. The Bertz CT molecular complexity index is 583. The summed E-state index contributed by atoms with van der Waals surface area (Å²) in [7, 11) is 1.76. The van der Waals surface area contributed by atoms with Gasteiger partial charge in [-0.1, -0.05) is 17.4 Å². The van der Waals surface area contributed by atoms with Gasteiger partial charge >= 0.3 is 0 Å². The Labute approximate surface area is 140 Å². The summed E-state index contributed by atoms with van der Waals surface area (Å²) >= 11 is 1.56. The predicted molar refractivity (Wildman–Crippen MR) is 92.7 cm³/mol. The van der Waals surface area contributed by atoms with E-state index in [1.807, 2.05) is 18.2 Å². The van der Waals surface area contributed by atoms with E-state index >= 15 is 0 Å². The van der Waals surface area contributed by atoms with E-state index in [9.17, 15) is 0 Å². The molecule has 1 N–H and O–H groups in total. The lowest BCUT2D eigenvalue weighted by Crippen LogP contribution is -2.37. The number of nitrogens with one attached hydrogen (secondary N) is 1. The summed E-state index contributed by atoms with van der Waals surface area (Å²) < 4.78 is 5.14. The molecule has 23 heavy (non-hydrogen) atoms. The Morgan fingerprint density at radius 2 is 2.17 bits per heavy atom. The Morgan fingerprint density at radius 1 is 1.30 bits per heavy atom. The van der Waals surface area contributed by atoms with Crippen LogP contribution >= 0.6 is 11.3 Å². The molecular formula is C16H23N5OS. The third-order valence-corrected chi connectivity index (χ3v) is 5.07. The molecule has 3 heterocycles. The van der Waals surface area contributed by atoms with Gasteiger partial charge in [-0.25, -0.2) is 0 Å². The van der Waals surface area contributed by atoms with Crippen molar-refractivity contribution in [3.05, 3.63) is 24.4 Å². The lowest BCUT2D eigenvalue weighted by molar-refractivity contribution is 0.122. The zero-order chi connectivity index (χ0) is 15.9. The summed E-state index contributed by atoms with van der Waals surface area (Å²) in [5.41, 5.74) is 0.879. The lowest BCUT2D eigenvalue weighted by atomic mass is 9.97. The van der Waals surface area contributed by atoms with E-state index < -0.39 is 0 Å². The van der Waals surface area contributed by atoms with Gasteiger partial charge in [0.05, 0.1) is 6.61 Å². The monoisotopic (exact) mass is 333 g/mol. The van der Waals surface area contributed by atoms with Crippen molar-refractivity contribution in [1.29, 1.82) is 0 Å². The zero-order valence-corrected chi connectivity index (χ0v) is 14.3. The fraction of sp³-hybridized carbons (Fsp3) is 0.562. The van der Waals surface area contributed by atoms with Gasteiger partial charge in [0, 0.05) is 26.4 Å². The molecule has 0 spiro atoms. The quantitative estimate of drug-likeness (QED) is 0.839. The van der Waals surface area contributed by atoms with E-state index in [4.69, 9.17) is 4.74 Å². The molecule has 3 rings (SSSR count). The van der Waals surface area contributed by atoms with Gasteiger partial charge < -0.3 is 15.0 Å². The van der Waals surface area contributed by atoms with Gasteiger partial charge in [-0.15, -0.1) is 10.2 Å². The van der Waals surface area contributed by atoms with E-state index in [0.717, 1.165) is 48.6 Å². The molecule has 0 amide bonds. The Hall–Kier alpha value is -1.57. The van der Waals surface area contributed by atoms with Crippen LogP contribution in [0.1, 0.15) is 12.8 Å². The molecule has 0 aromatic carbocycles. The number of anilines is 1. The van der Waals surface area contributed by atoms with Gasteiger partial charge in [-0.2, -0.15) is 0 Å². The van der Waals surface area contributed by atoms with Crippen LogP contribution in [0.4, 0.5) is 5.13 Å². The average molecular weight is 333 g/mol. The van der Waals surface area contributed by atoms with E-state index in [1.165, 1.54) is 12.8 Å². The third kappa shape index (κ3) is 4.70. The van der Waals surface area contributed by atoms with E-state index in [2.05, 4.69) is 25.4 Å². The van der Waals surface area contributed by atoms with Crippen LogP contribution in [0, 0.1) is 5.92 Å². The molecule has 1 aliphatic heterocycles. The summed E-state index contributed by atoms with van der Waals surface area (Å²) in [4.78, 5) is 6.79.